The van der Waals surface area contributed by atoms with Gasteiger partial charge in [-0.05, 0) is 46.3 Å². The maximum atomic E-state index is 12.7. The van der Waals surface area contributed by atoms with Gasteiger partial charge in [-0.1, -0.05) is 25.4 Å². The third-order valence-electron chi connectivity index (χ3n) is 3.95. The second-order valence-corrected chi connectivity index (χ2v) is 8.55. The highest BCUT2D eigenvalue weighted by atomic mass is 79.9. The molecule has 2 atom stereocenters. The molecule has 0 spiro atoms. The number of rotatable bonds is 2. The van der Waals surface area contributed by atoms with E-state index in [0.717, 1.165) is 6.42 Å². The summed E-state index contributed by atoms with van der Waals surface area (Å²) in [6, 6.07) is 2.98. The van der Waals surface area contributed by atoms with E-state index in [2.05, 4.69) is 29.8 Å². The predicted octanol–water partition coefficient (Wildman–Crippen LogP) is 3.35. The summed E-state index contributed by atoms with van der Waals surface area (Å²) in [6.45, 7) is 5.30. The molecule has 1 aliphatic rings. The lowest BCUT2D eigenvalue weighted by molar-refractivity contribution is 0.212. The summed E-state index contributed by atoms with van der Waals surface area (Å²) in [5, 5.41) is 0.322. The van der Waals surface area contributed by atoms with Crippen LogP contribution in [0.15, 0.2) is 21.5 Å². The van der Waals surface area contributed by atoms with Gasteiger partial charge in [0.1, 0.15) is 0 Å². The van der Waals surface area contributed by atoms with E-state index >= 15 is 0 Å². The fraction of sp³-hybridized carbons (Fsp3) is 0.538. The first-order valence-electron chi connectivity index (χ1n) is 6.48. The minimum Gasteiger partial charge on any atom is -0.398 e. The quantitative estimate of drug-likeness (QED) is 0.799. The summed E-state index contributed by atoms with van der Waals surface area (Å²) in [5.41, 5.74) is 6.11. The summed E-state index contributed by atoms with van der Waals surface area (Å²) in [5.74, 6) is 0.878. The first-order valence-corrected chi connectivity index (χ1v) is 9.09. The van der Waals surface area contributed by atoms with Crippen LogP contribution in [-0.4, -0.2) is 25.8 Å². The monoisotopic (exact) mass is 380 g/mol. The van der Waals surface area contributed by atoms with Gasteiger partial charge in [0.25, 0.3) is 0 Å². The van der Waals surface area contributed by atoms with Gasteiger partial charge in [-0.25, -0.2) is 8.42 Å². The molecule has 1 aromatic rings. The zero-order valence-electron chi connectivity index (χ0n) is 11.4. The molecule has 0 aliphatic carbocycles. The first kappa shape index (κ1) is 16.1. The van der Waals surface area contributed by atoms with Crippen molar-refractivity contribution in [3.63, 3.8) is 0 Å². The predicted molar refractivity (Wildman–Crippen MR) is 85.3 cm³/mol. The van der Waals surface area contributed by atoms with Crippen LogP contribution in [0.5, 0.6) is 0 Å². The Kier molecular flexibility index (Phi) is 4.69. The molecule has 2 N–H and O–H groups in total. The average molecular weight is 382 g/mol. The summed E-state index contributed by atoms with van der Waals surface area (Å²) in [6.07, 6.45) is 0.869. The van der Waals surface area contributed by atoms with Crippen molar-refractivity contribution in [2.24, 2.45) is 11.8 Å². The zero-order valence-corrected chi connectivity index (χ0v) is 14.6. The van der Waals surface area contributed by atoms with E-state index in [4.69, 9.17) is 17.3 Å². The molecule has 4 nitrogen and oxygen atoms in total. The van der Waals surface area contributed by atoms with E-state index in [1.165, 1.54) is 16.4 Å². The Labute approximate surface area is 133 Å². The van der Waals surface area contributed by atoms with Gasteiger partial charge in [0.05, 0.1) is 9.37 Å². The SMILES string of the molecule is CC1CCN(S(=O)(=O)c2cc(Cl)cc(N)c2Br)CC1C. The molecule has 0 saturated carbocycles. The Morgan fingerprint density at radius 3 is 2.60 bits per heavy atom. The Bertz CT molecular complexity index is 621. The highest BCUT2D eigenvalue weighted by molar-refractivity contribution is 9.10. The second-order valence-electron chi connectivity index (χ2n) is 5.41. The molecule has 0 radical (unpaired) electrons. The largest absolute Gasteiger partial charge is 0.398 e. The van der Waals surface area contributed by atoms with Gasteiger partial charge in [0, 0.05) is 23.8 Å². The number of nitrogens with two attached hydrogens (primary N) is 1. The van der Waals surface area contributed by atoms with Crippen LogP contribution in [0.2, 0.25) is 5.02 Å². The lowest BCUT2D eigenvalue weighted by Gasteiger charge is -2.34. The summed E-state index contributed by atoms with van der Waals surface area (Å²) in [4.78, 5) is 0.143. The molecule has 0 amide bonds. The molecule has 1 fully saturated rings. The fourth-order valence-corrected chi connectivity index (χ4v) is 5.16. The van der Waals surface area contributed by atoms with Crippen molar-refractivity contribution in [2.75, 3.05) is 18.8 Å². The third kappa shape index (κ3) is 2.98. The van der Waals surface area contributed by atoms with Gasteiger partial charge in [-0.3, -0.25) is 0 Å². The molecular formula is C13H18BrClN2O2S. The van der Waals surface area contributed by atoms with Gasteiger partial charge in [-0.2, -0.15) is 4.31 Å². The van der Waals surface area contributed by atoms with Gasteiger partial charge in [0.2, 0.25) is 10.0 Å². The number of piperidine rings is 1. The van der Waals surface area contributed by atoms with E-state index < -0.39 is 10.0 Å². The third-order valence-corrected chi connectivity index (χ3v) is 7.20. The summed E-state index contributed by atoms with van der Waals surface area (Å²) < 4.78 is 27.4. The molecule has 1 aliphatic heterocycles. The molecule has 1 saturated heterocycles. The number of nitrogen functional groups attached to an aromatic ring is 1. The Morgan fingerprint density at radius 1 is 1.35 bits per heavy atom. The van der Waals surface area contributed by atoms with Gasteiger partial charge in [-0.15, -0.1) is 0 Å². The van der Waals surface area contributed by atoms with E-state index in [9.17, 15) is 8.42 Å². The van der Waals surface area contributed by atoms with E-state index in [1.807, 2.05) is 0 Å². The summed E-state index contributed by atoms with van der Waals surface area (Å²) in [7, 11) is -3.57. The van der Waals surface area contributed by atoms with Crippen molar-refractivity contribution in [1.29, 1.82) is 0 Å². The number of benzene rings is 1. The topological polar surface area (TPSA) is 63.4 Å². The molecule has 2 rings (SSSR count). The van der Waals surface area contributed by atoms with Crippen molar-refractivity contribution in [1.82, 2.24) is 4.31 Å². The van der Waals surface area contributed by atoms with Crippen LogP contribution in [0, 0.1) is 11.8 Å². The van der Waals surface area contributed by atoms with Gasteiger partial charge in [0.15, 0.2) is 0 Å². The van der Waals surface area contributed by atoms with E-state index in [-0.39, 0.29) is 4.90 Å². The van der Waals surface area contributed by atoms with E-state index in [0.29, 0.717) is 40.1 Å². The molecule has 2 unspecified atom stereocenters. The maximum Gasteiger partial charge on any atom is 0.244 e. The van der Waals surface area contributed by atoms with Gasteiger partial charge < -0.3 is 5.73 Å². The fourth-order valence-electron chi connectivity index (χ4n) is 2.35. The highest BCUT2D eigenvalue weighted by Gasteiger charge is 2.33. The minimum atomic E-state index is -3.57. The smallest absolute Gasteiger partial charge is 0.244 e. The average Bonchev–Trinajstić information content (AvgIpc) is 2.36. The van der Waals surface area contributed by atoms with Crippen molar-refractivity contribution >= 4 is 43.2 Å². The maximum absolute atomic E-state index is 12.7. The minimum absolute atomic E-state index is 0.143. The molecule has 1 heterocycles. The van der Waals surface area contributed by atoms with Crippen LogP contribution in [0.1, 0.15) is 20.3 Å². The van der Waals surface area contributed by atoms with Crippen molar-refractivity contribution in [3.8, 4) is 0 Å². The first-order chi connectivity index (χ1) is 9.23. The zero-order chi connectivity index (χ0) is 15.1. The van der Waals surface area contributed by atoms with Crippen molar-refractivity contribution < 1.29 is 8.42 Å². The van der Waals surface area contributed by atoms with E-state index in [1.54, 1.807) is 0 Å². The molecule has 7 heteroatoms. The second kappa shape index (κ2) is 5.83. The van der Waals surface area contributed by atoms with Gasteiger partial charge >= 0.3 is 0 Å². The number of halogens is 2. The van der Waals surface area contributed by atoms with Crippen LogP contribution in [-0.2, 0) is 10.0 Å². The Hall–Kier alpha value is -0.300. The molecule has 112 valence electrons. The lowest BCUT2D eigenvalue weighted by Crippen LogP contribution is -2.42. The van der Waals surface area contributed by atoms with Crippen LogP contribution in [0.3, 0.4) is 0 Å². The van der Waals surface area contributed by atoms with Crippen LogP contribution in [0.25, 0.3) is 0 Å². The van der Waals surface area contributed by atoms with Crippen LogP contribution < -0.4 is 5.73 Å². The molecule has 20 heavy (non-hydrogen) atoms. The van der Waals surface area contributed by atoms with Crippen molar-refractivity contribution in [3.05, 3.63) is 21.6 Å². The standard InChI is InChI=1S/C13H18BrClN2O2S/c1-8-3-4-17(7-9(8)2)20(18,19)12-6-10(15)5-11(16)13(12)14/h5-6,8-9H,3-4,7,16H2,1-2H3. The molecule has 0 aromatic heterocycles. The Balaban J connectivity index is 2.41. The molecular weight excluding hydrogens is 364 g/mol. The van der Waals surface area contributed by atoms with Crippen LogP contribution in [0.4, 0.5) is 5.69 Å². The number of hydrogen-bond acceptors (Lipinski definition) is 3. The molecule has 1 aromatic carbocycles. The normalized spacial score (nSPS) is 24.8. The number of hydrogen-bond donors (Lipinski definition) is 1. The van der Waals surface area contributed by atoms with Crippen molar-refractivity contribution in [2.45, 2.75) is 25.2 Å². The summed E-state index contributed by atoms with van der Waals surface area (Å²) >= 11 is 9.19. The lowest BCUT2D eigenvalue weighted by atomic mass is 9.90. The molecule has 0 bridgehead atoms. The van der Waals surface area contributed by atoms with Crippen LogP contribution >= 0.6 is 27.5 Å². The highest BCUT2D eigenvalue weighted by Crippen LogP contribution is 2.35. The number of nitrogens with zero attached hydrogens (tertiary/aromatic N) is 1. The Morgan fingerprint density at radius 2 is 2.00 bits per heavy atom. The number of sulfonamides is 1. The number of anilines is 1.